The van der Waals surface area contributed by atoms with Gasteiger partial charge in [0.15, 0.2) is 0 Å². The van der Waals surface area contributed by atoms with Crippen molar-refractivity contribution in [3.8, 4) is 0 Å². The van der Waals surface area contributed by atoms with E-state index in [9.17, 15) is 13.2 Å². The molecule has 0 aliphatic rings. The number of halogens is 1. The highest BCUT2D eigenvalue weighted by Crippen LogP contribution is 2.36. The fraction of sp³-hybridized carbons (Fsp3) is 0.300. The van der Waals surface area contributed by atoms with Gasteiger partial charge >= 0.3 is 5.97 Å². The topological polar surface area (TPSA) is 63.7 Å². The molecule has 0 saturated carbocycles. The van der Waals surface area contributed by atoms with E-state index in [2.05, 4.69) is 20.7 Å². The van der Waals surface area contributed by atoms with Gasteiger partial charge in [-0.1, -0.05) is 15.9 Å². The van der Waals surface area contributed by atoms with Crippen LogP contribution < -0.4 is 0 Å². The Labute approximate surface area is 124 Å². The number of esters is 1. The number of ether oxygens (including phenoxy) is 1. The third kappa shape index (κ3) is 3.96. The average Bonchev–Trinajstić information content (AvgIpc) is 2.38. The Morgan fingerprint density at radius 2 is 1.84 bits per heavy atom. The standard InChI is InChI=1S/C10H14BrNO4P2S/c1-16-10(13)7-4-8(11)6-9(5-7)19(14,15)12(17-2)18-3/h4-6,17-18H,1-3H3. The van der Waals surface area contributed by atoms with Gasteiger partial charge in [0.2, 0.25) is 10.0 Å². The second kappa shape index (κ2) is 7.09. The monoisotopic (exact) mass is 385 g/mol. The van der Waals surface area contributed by atoms with Gasteiger partial charge < -0.3 is 4.74 Å². The number of hydrogen-bond donors (Lipinski definition) is 0. The molecule has 0 radical (unpaired) electrons. The summed E-state index contributed by atoms with van der Waals surface area (Å²) in [4.78, 5) is 11.6. The number of carbonyl (C=O) groups is 1. The zero-order valence-electron chi connectivity index (χ0n) is 10.6. The Morgan fingerprint density at radius 3 is 2.32 bits per heavy atom. The van der Waals surface area contributed by atoms with Crippen LogP contribution in [-0.2, 0) is 14.8 Å². The van der Waals surface area contributed by atoms with Gasteiger partial charge in [-0.25, -0.2) is 13.2 Å². The SMILES string of the molecule is COC(=O)c1cc(Br)cc(S(=O)(=O)N(PC)PC)c1. The van der Waals surface area contributed by atoms with Crippen LogP contribution in [0, 0.1) is 0 Å². The van der Waals surface area contributed by atoms with Crippen molar-refractivity contribution >= 4 is 49.4 Å². The average molecular weight is 386 g/mol. The van der Waals surface area contributed by atoms with Crippen molar-refractivity contribution in [2.75, 3.05) is 20.4 Å². The second-order valence-electron chi connectivity index (χ2n) is 3.38. The quantitative estimate of drug-likeness (QED) is 0.577. The van der Waals surface area contributed by atoms with Crippen molar-refractivity contribution in [3.05, 3.63) is 28.2 Å². The molecule has 1 aromatic carbocycles. The van der Waals surface area contributed by atoms with Crippen LogP contribution in [0.4, 0.5) is 0 Å². The molecule has 0 aromatic heterocycles. The molecule has 2 unspecified atom stereocenters. The molecule has 19 heavy (non-hydrogen) atoms. The van der Waals surface area contributed by atoms with Gasteiger partial charge in [0.1, 0.15) is 0 Å². The first-order valence-electron chi connectivity index (χ1n) is 5.15. The zero-order chi connectivity index (χ0) is 14.6. The van der Waals surface area contributed by atoms with Crippen molar-refractivity contribution in [2.24, 2.45) is 0 Å². The Kier molecular flexibility index (Phi) is 6.34. The highest BCUT2D eigenvalue weighted by molar-refractivity contribution is 9.10. The Balaban J connectivity index is 3.35. The lowest BCUT2D eigenvalue weighted by molar-refractivity contribution is 0.0600. The van der Waals surface area contributed by atoms with Crippen LogP contribution in [0.5, 0.6) is 0 Å². The van der Waals surface area contributed by atoms with E-state index in [0.29, 0.717) is 4.47 Å². The van der Waals surface area contributed by atoms with E-state index in [1.54, 1.807) is 13.3 Å². The Hall–Kier alpha value is -0.0600. The molecule has 0 N–H and O–H groups in total. The molecule has 0 amide bonds. The van der Waals surface area contributed by atoms with E-state index in [4.69, 9.17) is 0 Å². The molecule has 5 nitrogen and oxygen atoms in total. The Bertz CT molecular complexity index is 575. The molecule has 0 aliphatic carbocycles. The first-order chi connectivity index (χ1) is 8.86. The minimum atomic E-state index is -3.57. The first-order valence-corrected chi connectivity index (χ1v) is 10.3. The number of benzene rings is 1. The fourth-order valence-electron chi connectivity index (χ4n) is 1.40. The molecule has 0 aliphatic heterocycles. The van der Waals surface area contributed by atoms with Gasteiger partial charge in [0.05, 0.1) is 17.6 Å². The van der Waals surface area contributed by atoms with Crippen molar-refractivity contribution in [1.29, 1.82) is 0 Å². The predicted molar refractivity (Wildman–Crippen MR) is 83.0 cm³/mol. The van der Waals surface area contributed by atoms with E-state index in [0.717, 1.165) is 0 Å². The van der Waals surface area contributed by atoms with Gasteiger partial charge in [-0.15, -0.1) is 0 Å². The van der Waals surface area contributed by atoms with Crippen LogP contribution in [-0.4, -0.2) is 38.7 Å². The normalized spacial score (nSPS) is 12.9. The summed E-state index contributed by atoms with van der Waals surface area (Å²) in [5.74, 6) is -0.567. The number of rotatable bonds is 5. The molecular formula is C10H14BrNO4P2S. The molecule has 0 heterocycles. The van der Waals surface area contributed by atoms with Crippen molar-refractivity contribution in [2.45, 2.75) is 4.90 Å². The third-order valence-electron chi connectivity index (χ3n) is 2.24. The maximum Gasteiger partial charge on any atom is 0.337 e. The lowest BCUT2D eigenvalue weighted by atomic mass is 10.2. The summed E-state index contributed by atoms with van der Waals surface area (Å²) in [6.45, 7) is 3.60. The van der Waals surface area contributed by atoms with Gasteiger partial charge in [0, 0.05) is 4.47 Å². The smallest absolute Gasteiger partial charge is 0.337 e. The van der Waals surface area contributed by atoms with Crippen LogP contribution in [0.15, 0.2) is 27.6 Å². The summed E-state index contributed by atoms with van der Waals surface area (Å²) in [5, 5.41) is 0. The number of nitrogens with zero attached hydrogens (tertiary/aromatic N) is 1. The Morgan fingerprint density at radius 1 is 1.26 bits per heavy atom. The van der Waals surface area contributed by atoms with E-state index in [1.165, 1.54) is 29.2 Å². The fourth-order valence-corrected chi connectivity index (χ4v) is 6.26. The minimum Gasteiger partial charge on any atom is -0.465 e. The second-order valence-corrected chi connectivity index (χ2v) is 8.97. The van der Waals surface area contributed by atoms with Gasteiger partial charge in [-0.05, 0) is 49.0 Å². The third-order valence-corrected chi connectivity index (χ3v) is 8.70. The van der Waals surface area contributed by atoms with E-state index in [1.807, 2.05) is 0 Å². The summed E-state index contributed by atoms with van der Waals surface area (Å²) < 4.78 is 31.3. The molecular weight excluding hydrogens is 372 g/mol. The molecule has 0 fully saturated rings. The molecule has 1 aromatic rings. The molecule has 0 spiro atoms. The molecule has 2 atom stereocenters. The van der Waals surface area contributed by atoms with Crippen molar-refractivity contribution in [3.63, 3.8) is 0 Å². The summed E-state index contributed by atoms with van der Waals surface area (Å²) >= 11 is 3.21. The zero-order valence-corrected chi connectivity index (χ0v) is 15.0. The molecule has 1 rings (SSSR count). The van der Waals surface area contributed by atoms with Crippen molar-refractivity contribution in [1.82, 2.24) is 3.85 Å². The van der Waals surface area contributed by atoms with E-state index in [-0.39, 0.29) is 27.9 Å². The lowest BCUT2D eigenvalue weighted by Crippen LogP contribution is -2.16. The molecule has 0 bridgehead atoms. The van der Waals surface area contributed by atoms with Gasteiger partial charge in [0.25, 0.3) is 0 Å². The van der Waals surface area contributed by atoms with Crippen LogP contribution in [0.1, 0.15) is 10.4 Å². The molecule has 106 valence electrons. The largest absolute Gasteiger partial charge is 0.465 e. The maximum atomic E-state index is 12.4. The number of sulfonamides is 1. The summed E-state index contributed by atoms with van der Waals surface area (Å²) in [6, 6.07) is 4.34. The van der Waals surface area contributed by atoms with Crippen LogP contribution >= 0.6 is 33.4 Å². The molecule has 0 saturated heterocycles. The number of hydrogen-bond acceptors (Lipinski definition) is 4. The molecule has 9 heteroatoms. The van der Waals surface area contributed by atoms with Crippen LogP contribution in [0.3, 0.4) is 0 Å². The highest BCUT2D eigenvalue weighted by atomic mass is 79.9. The lowest BCUT2D eigenvalue weighted by Gasteiger charge is -2.18. The summed E-state index contributed by atoms with van der Waals surface area (Å²) in [6.07, 6.45) is 0. The highest BCUT2D eigenvalue weighted by Gasteiger charge is 2.23. The summed E-state index contributed by atoms with van der Waals surface area (Å²) in [7, 11) is -2.03. The first kappa shape index (κ1) is 17.0. The van der Waals surface area contributed by atoms with Gasteiger partial charge in [-0.2, -0.15) is 3.85 Å². The van der Waals surface area contributed by atoms with Crippen LogP contribution in [0.2, 0.25) is 0 Å². The number of methoxy groups -OCH3 is 1. The van der Waals surface area contributed by atoms with Crippen molar-refractivity contribution < 1.29 is 17.9 Å². The predicted octanol–water partition coefficient (Wildman–Crippen LogP) is 2.67. The summed E-state index contributed by atoms with van der Waals surface area (Å²) in [5.41, 5.74) is 0.203. The van der Waals surface area contributed by atoms with Gasteiger partial charge in [-0.3, -0.25) is 0 Å². The minimum absolute atomic E-state index is 0.0889. The maximum absolute atomic E-state index is 12.4. The number of carbonyl (C=O) groups excluding carboxylic acids is 1. The van der Waals surface area contributed by atoms with E-state index >= 15 is 0 Å². The van der Waals surface area contributed by atoms with E-state index < -0.39 is 16.0 Å². The van der Waals surface area contributed by atoms with Crippen LogP contribution in [0.25, 0.3) is 0 Å².